The molecular formula is C17H21N4OS2+. The molecule has 0 aliphatic heterocycles. The van der Waals surface area contributed by atoms with E-state index in [1.165, 1.54) is 23.8 Å². The van der Waals surface area contributed by atoms with Gasteiger partial charge in [0.25, 0.3) is 0 Å². The Bertz CT molecular complexity index is 882. The number of thioether (sulfide) groups is 1. The van der Waals surface area contributed by atoms with Gasteiger partial charge < -0.3 is 10.5 Å². The summed E-state index contributed by atoms with van der Waals surface area (Å²) in [7, 11) is 3.71. The Morgan fingerprint density at radius 3 is 3.00 bits per heavy atom. The SMILES string of the molecule is COCCSc1sc2nc(-c3c[nH][n+](C)c3)cc(C3CC3)c2c1N. The summed E-state index contributed by atoms with van der Waals surface area (Å²) >= 11 is 3.47. The van der Waals surface area contributed by atoms with Crippen molar-refractivity contribution in [3.8, 4) is 11.3 Å². The number of aromatic amines is 1. The molecule has 1 fully saturated rings. The van der Waals surface area contributed by atoms with Crippen molar-refractivity contribution in [3.63, 3.8) is 0 Å². The van der Waals surface area contributed by atoms with Crippen LogP contribution in [0.5, 0.6) is 0 Å². The number of anilines is 1. The van der Waals surface area contributed by atoms with Crippen LogP contribution in [0.2, 0.25) is 0 Å². The quantitative estimate of drug-likeness (QED) is 0.401. The van der Waals surface area contributed by atoms with E-state index in [4.69, 9.17) is 15.5 Å². The molecule has 1 aliphatic rings. The maximum absolute atomic E-state index is 6.48. The van der Waals surface area contributed by atoms with Gasteiger partial charge in [-0.1, -0.05) is 0 Å². The second-order valence-corrected chi connectivity index (χ2v) is 8.53. The molecule has 3 aromatic rings. The predicted molar refractivity (Wildman–Crippen MR) is 99.6 cm³/mol. The van der Waals surface area contributed by atoms with Gasteiger partial charge in [-0.2, -0.15) is 5.10 Å². The lowest BCUT2D eigenvalue weighted by Crippen LogP contribution is -2.27. The van der Waals surface area contributed by atoms with Gasteiger partial charge in [-0.25, -0.2) is 4.98 Å². The van der Waals surface area contributed by atoms with E-state index >= 15 is 0 Å². The zero-order valence-corrected chi connectivity index (χ0v) is 15.5. The number of nitrogens with two attached hydrogens (primary N) is 1. The first-order valence-corrected chi connectivity index (χ1v) is 9.86. The minimum atomic E-state index is 0.635. The molecular weight excluding hydrogens is 340 g/mol. The van der Waals surface area contributed by atoms with Gasteiger partial charge in [0.1, 0.15) is 4.83 Å². The van der Waals surface area contributed by atoms with Crippen LogP contribution in [0.25, 0.3) is 21.5 Å². The summed E-state index contributed by atoms with van der Waals surface area (Å²) < 4.78 is 8.25. The molecule has 7 heteroatoms. The number of methoxy groups -OCH3 is 1. The normalized spacial score (nSPS) is 14.6. The van der Waals surface area contributed by atoms with Gasteiger partial charge in [0.05, 0.1) is 34.0 Å². The van der Waals surface area contributed by atoms with Crippen LogP contribution in [-0.2, 0) is 11.8 Å². The van der Waals surface area contributed by atoms with E-state index in [2.05, 4.69) is 17.4 Å². The third-order valence-electron chi connectivity index (χ3n) is 4.29. The number of ether oxygens (including phenoxy) is 1. The van der Waals surface area contributed by atoms with E-state index in [1.807, 2.05) is 17.9 Å². The second-order valence-electron chi connectivity index (χ2n) is 6.16. The van der Waals surface area contributed by atoms with Crippen LogP contribution >= 0.6 is 23.1 Å². The van der Waals surface area contributed by atoms with E-state index in [0.29, 0.717) is 5.92 Å². The van der Waals surface area contributed by atoms with Gasteiger partial charge in [0.15, 0.2) is 7.05 Å². The average Bonchev–Trinajstić information content (AvgIpc) is 3.26. The summed E-state index contributed by atoms with van der Waals surface area (Å²) in [5, 5.41) is 4.34. The number of nitrogens with one attached hydrogen (secondary N) is 1. The van der Waals surface area contributed by atoms with Gasteiger partial charge in [0.2, 0.25) is 6.20 Å². The summed E-state index contributed by atoms with van der Waals surface area (Å²) in [5.74, 6) is 1.54. The van der Waals surface area contributed by atoms with Crippen molar-refractivity contribution < 1.29 is 9.42 Å². The molecule has 0 bridgehead atoms. The van der Waals surface area contributed by atoms with Gasteiger partial charge >= 0.3 is 0 Å². The average molecular weight is 362 g/mol. The van der Waals surface area contributed by atoms with E-state index in [0.717, 1.165) is 38.3 Å². The zero-order chi connectivity index (χ0) is 16.7. The van der Waals surface area contributed by atoms with E-state index < -0.39 is 0 Å². The number of rotatable bonds is 6. The molecule has 0 radical (unpaired) electrons. The third kappa shape index (κ3) is 2.92. The Hall–Kier alpha value is -1.57. The fraction of sp³-hybridized carbons (Fsp3) is 0.412. The van der Waals surface area contributed by atoms with Crippen LogP contribution in [0.3, 0.4) is 0 Å². The van der Waals surface area contributed by atoms with Gasteiger partial charge in [-0.3, -0.25) is 0 Å². The summed E-state index contributed by atoms with van der Waals surface area (Å²) in [6.45, 7) is 0.729. The Balaban J connectivity index is 1.81. The highest BCUT2D eigenvalue weighted by Gasteiger charge is 2.29. The summed E-state index contributed by atoms with van der Waals surface area (Å²) in [4.78, 5) is 5.95. The van der Waals surface area contributed by atoms with Gasteiger partial charge in [0, 0.05) is 18.2 Å². The minimum Gasteiger partial charge on any atom is -0.397 e. The number of fused-ring (bicyclic) bond motifs is 1. The molecule has 0 amide bonds. The Labute approximate surface area is 149 Å². The fourth-order valence-corrected chi connectivity index (χ4v) is 5.19. The Morgan fingerprint density at radius 1 is 1.50 bits per heavy atom. The number of thiophene rings is 1. The summed E-state index contributed by atoms with van der Waals surface area (Å²) in [6.07, 6.45) is 6.56. The standard InChI is InChI=1S/C17H20N4OS2/c1-21-9-11(8-19-21)13-7-12(10-3-4-10)14-15(18)17(23-6-5-22-2)24-16(14)20-13/h7-10H,3-6,18H2,1-2H3/p+1. The van der Waals surface area contributed by atoms with Crippen molar-refractivity contribution >= 4 is 39.0 Å². The van der Waals surface area contributed by atoms with Crippen LogP contribution in [0.4, 0.5) is 5.69 Å². The largest absolute Gasteiger partial charge is 0.397 e. The van der Waals surface area contributed by atoms with Crippen LogP contribution < -0.4 is 10.4 Å². The number of hydrogen-bond donors (Lipinski definition) is 2. The molecule has 0 saturated heterocycles. The molecule has 4 rings (SSSR count). The van der Waals surface area contributed by atoms with Crippen molar-refractivity contribution in [2.24, 2.45) is 7.05 Å². The number of nitrogen functional groups attached to an aromatic ring is 1. The maximum Gasteiger partial charge on any atom is 0.204 e. The van der Waals surface area contributed by atoms with Crippen molar-refractivity contribution in [2.45, 2.75) is 23.0 Å². The van der Waals surface area contributed by atoms with Gasteiger partial charge in [-0.15, -0.1) is 27.8 Å². The molecule has 3 N–H and O–H groups in total. The maximum atomic E-state index is 6.48. The van der Waals surface area contributed by atoms with Crippen molar-refractivity contribution in [1.82, 2.24) is 10.1 Å². The van der Waals surface area contributed by atoms with Crippen LogP contribution in [0, 0.1) is 0 Å². The first-order valence-electron chi connectivity index (χ1n) is 8.06. The topological polar surface area (TPSA) is 67.8 Å². The molecule has 0 aromatic carbocycles. The van der Waals surface area contributed by atoms with E-state index in [-0.39, 0.29) is 0 Å². The number of pyridine rings is 1. The smallest absolute Gasteiger partial charge is 0.204 e. The highest BCUT2D eigenvalue weighted by Crippen LogP contribution is 2.49. The molecule has 3 heterocycles. The highest BCUT2D eigenvalue weighted by atomic mass is 32.2. The minimum absolute atomic E-state index is 0.635. The number of nitrogens with zero attached hydrogens (tertiary/aromatic N) is 2. The van der Waals surface area contributed by atoms with E-state index in [9.17, 15) is 0 Å². The molecule has 1 saturated carbocycles. The number of aryl methyl sites for hydroxylation is 1. The first kappa shape index (κ1) is 15.9. The number of hydrogen-bond acceptors (Lipinski definition) is 5. The molecule has 3 aromatic heterocycles. The number of aromatic nitrogens is 3. The molecule has 0 spiro atoms. The molecule has 126 valence electrons. The van der Waals surface area contributed by atoms with Crippen molar-refractivity contribution in [3.05, 3.63) is 24.0 Å². The fourth-order valence-electron chi connectivity index (χ4n) is 2.91. The zero-order valence-electron chi connectivity index (χ0n) is 13.8. The lowest BCUT2D eigenvalue weighted by Gasteiger charge is -2.05. The summed E-state index contributed by atoms with van der Waals surface area (Å²) in [5.41, 5.74) is 10.9. The predicted octanol–water partition coefficient (Wildman–Crippen LogP) is 3.31. The lowest BCUT2D eigenvalue weighted by molar-refractivity contribution is -0.726. The molecule has 1 aliphatic carbocycles. The van der Waals surface area contributed by atoms with Gasteiger partial charge in [-0.05, 0) is 30.4 Å². The first-order chi connectivity index (χ1) is 11.7. The second kappa shape index (κ2) is 6.38. The Kier molecular flexibility index (Phi) is 4.24. The van der Waals surface area contributed by atoms with Crippen LogP contribution in [0.15, 0.2) is 22.7 Å². The molecule has 24 heavy (non-hydrogen) atoms. The Morgan fingerprint density at radius 2 is 2.33 bits per heavy atom. The van der Waals surface area contributed by atoms with Crippen LogP contribution in [-0.4, -0.2) is 29.6 Å². The number of H-pyrrole nitrogens is 1. The van der Waals surface area contributed by atoms with Crippen molar-refractivity contribution in [1.29, 1.82) is 0 Å². The molecule has 0 atom stereocenters. The van der Waals surface area contributed by atoms with Crippen LogP contribution in [0.1, 0.15) is 24.3 Å². The monoisotopic (exact) mass is 361 g/mol. The van der Waals surface area contributed by atoms with Crippen molar-refractivity contribution in [2.75, 3.05) is 25.2 Å². The molecule has 5 nitrogen and oxygen atoms in total. The molecule has 0 unspecified atom stereocenters. The van der Waals surface area contributed by atoms with E-state index in [1.54, 1.807) is 30.2 Å². The lowest BCUT2D eigenvalue weighted by atomic mass is 10.0. The highest BCUT2D eigenvalue weighted by molar-refractivity contribution is 8.01. The summed E-state index contributed by atoms with van der Waals surface area (Å²) in [6, 6.07) is 2.23. The third-order valence-corrected chi connectivity index (χ3v) is 6.64.